The van der Waals surface area contributed by atoms with Gasteiger partial charge in [0.25, 0.3) is 0 Å². The molecule has 6 heteroatoms. The first kappa shape index (κ1) is 16.6. The van der Waals surface area contributed by atoms with E-state index in [1.165, 1.54) is 0 Å². The van der Waals surface area contributed by atoms with Gasteiger partial charge in [0.1, 0.15) is 0 Å². The molecule has 0 unspecified atom stereocenters. The molecule has 3 rings (SSSR count). The molecule has 3 aliphatic rings. The topological polar surface area (TPSA) is 70.7 Å². The molecule has 130 valence electrons. The van der Waals surface area contributed by atoms with Gasteiger partial charge in [0.2, 0.25) is 5.91 Å². The van der Waals surface area contributed by atoms with Crippen LogP contribution in [0.1, 0.15) is 47.0 Å². The van der Waals surface area contributed by atoms with Crippen LogP contribution in [0.2, 0.25) is 0 Å². The van der Waals surface area contributed by atoms with Crippen LogP contribution in [0.5, 0.6) is 0 Å². The predicted octanol–water partition coefficient (Wildman–Crippen LogP) is 1.50. The van der Waals surface area contributed by atoms with Gasteiger partial charge in [0, 0.05) is 37.6 Å². The Balaban J connectivity index is 1.49. The number of ether oxygens (including phenoxy) is 1. The van der Waals surface area contributed by atoms with E-state index < -0.39 is 0 Å². The molecule has 1 aliphatic heterocycles. The van der Waals surface area contributed by atoms with E-state index in [9.17, 15) is 9.59 Å². The number of rotatable bonds is 4. The molecule has 2 aliphatic carbocycles. The van der Waals surface area contributed by atoms with Gasteiger partial charge in [-0.1, -0.05) is 20.8 Å². The summed E-state index contributed by atoms with van der Waals surface area (Å²) in [5.41, 5.74) is -0.312. The van der Waals surface area contributed by atoms with Gasteiger partial charge in [0.05, 0.1) is 11.6 Å². The van der Waals surface area contributed by atoms with Crippen LogP contribution in [0.3, 0.4) is 0 Å². The summed E-state index contributed by atoms with van der Waals surface area (Å²) < 4.78 is 5.58. The standard InChI is InChI=1S/C17H29N3O3/c1-10-6-12(10)20-9-11(7-14(20)21)18-15(22)19-13-8-17(4,23-5)16(13,2)3/h10-13H,6-9H2,1-5H3,(H2,18,19,22)/t10-,11+,12+,13-,17+/m0/s1. The van der Waals surface area contributed by atoms with Crippen LogP contribution >= 0.6 is 0 Å². The second-order valence-corrected chi connectivity index (χ2v) is 8.26. The monoisotopic (exact) mass is 323 g/mol. The number of hydrogen-bond acceptors (Lipinski definition) is 3. The largest absolute Gasteiger partial charge is 0.378 e. The van der Waals surface area contributed by atoms with Gasteiger partial charge < -0.3 is 20.3 Å². The Bertz CT molecular complexity index is 521. The maximum absolute atomic E-state index is 12.3. The first-order valence-electron chi connectivity index (χ1n) is 8.59. The number of carbonyl (C=O) groups is 2. The summed E-state index contributed by atoms with van der Waals surface area (Å²) >= 11 is 0. The maximum Gasteiger partial charge on any atom is 0.315 e. The Labute approximate surface area is 138 Å². The molecule has 6 nitrogen and oxygen atoms in total. The van der Waals surface area contributed by atoms with Crippen molar-refractivity contribution in [1.82, 2.24) is 15.5 Å². The normalized spacial score (nSPS) is 41.4. The molecule has 5 atom stereocenters. The Morgan fingerprint density at radius 3 is 2.48 bits per heavy atom. The zero-order valence-electron chi connectivity index (χ0n) is 14.8. The van der Waals surface area contributed by atoms with E-state index in [2.05, 4.69) is 38.3 Å². The second-order valence-electron chi connectivity index (χ2n) is 8.26. The quantitative estimate of drug-likeness (QED) is 0.823. The van der Waals surface area contributed by atoms with Gasteiger partial charge in [-0.25, -0.2) is 4.79 Å². The fraction of sp³-hybridized carbons (Fsp3) is 0.882. The van der Waals surface area contributed by atoms with Crippen molar-refractivity contribution in [1.29, 1.82) is 0 Å². The van der Waals surface area contributed by atoms with Crippen molar-refractivity contribution in [2.45, 2.75) is 70.7 Å². The molecule has 0 radical (unpaired) electrons. The lowest BCUT2D eigenvalue weighted by Crippen LogP contribution is -2.69. The molecule has 3 fully saturated rings. The van der Waals surface area contributed by atoms with E-state index in [1.54, 1.807) is 7.11 Å². The van der Waals surface area contributed by atoms with Crippen LogP contribution in [0.25, 0.3) is 0 Å². The molecule has 0 bridgehead atoms. The van der Waals surface area contributed by atoms with Crippen LogP contribution in [-0.2, 0) is 9.53 Å². The number of hydrogen-bond donors (Lipinski definition) is 2. The Kier molecular flexibility index (Phi) is 3.86. The minimum absolute atomic E-state index is 0.0766. The van der Waals surface area contributed by atoms with Crippen molar-refractivity contribution >= 4 is 11.9 Å². The van der Waals surface area contributed by atoms with Crippen LogP contribution < -0.4 is 10.6 Å². The molecule has 2 saturated carbocycles. The second kappa shape index (κ2) is 5.36. The van der Waals surface area contributed by atoms with E-state index >= 15 is 0 Å². The average molecular weight is 323 g/mol. The van der Waals surface area contributed by atoms with Crippen molar-refractivity contribution in [2.24, 2.45) is 11.3 Å². The highest BCUT2D eigenvalue weighted by atomic mass is 16.5. The first-order valence-corrected chi connectivity index (χ1v) is 8.59. The number of methoxy groups -OCH3 is 1. The smallest absolute Gasteiger partial charge is 0.315 e. The molecular weight excluding hydrogens is 294 g/mol. The molecule has 3 amide bonds. The van der Waals surface area contributed by atoms with Gasteiger partial charge >= 0.3 is 6.03 Å². The van der Waals surface area contributed by atoms with Gasteiger partial charge in [-0.3, -0.25) is 4.79 Å². The summed E-state index contributed by atoms with van der Waals surface area (Å²) in [4.78, 5) is 26.2. The summed E-state index contributed by atoms with van der Waals surface area (Å²) in [6.45, 7) is 9.11. The fourth-order valence-electron chi connectivity index (χ4n) is 3.99. The molecule has 0 aromatic rings. The van der Waals surface area contributed by atoms with E-state index in [-0.39, 0.29) is 35.0 Å². The molecule has 1 heterocycles. The average Bonchev–Trinajstić information content (AvgIpc) is 3.08. The number of urea groups is 1. The highest BCUT2D eigenvalue weighted by molar-refractivity contribution is 5.82. The van der Waals surface area contributed by atoms with E-state index in [4.69, 9.17) is 4.74 Å². The summed E-state index contributed by atoms with van der Waals surface area (Å²) in [6.07, 6.45) is 2.32. The third kappa shape index (κ3) is 2.71. The lowest BCUT2D eigenvalue weighted by atomic mass is 9.56. The van der Waals surface area contributed by atoms with Crippen LogP contribution in [0.4, 0.5) is 4.79 Å². The minimum Gasteiger partial charge on any atom is -0.378 e. The third-order valence-corrected chi connectivity index (χ3v) is 6.54. The zero-order chi connectivity index (χ0) is 17.0. The first-order chi connectivity index (χ1) is 10.7. The number of nitrogens with one attached hydrogen (secondary N) is 2. The SMILES string of the molecule is CO[C@]1(C)C[C@H](NC(=O)N[C@@H]2CC(=O)N([C@@H]3C[C@@H]3C)C2)C1(C)C. The van der Waals surface area contributed by atoms with Crippen molar-refractivity contribution in [3.63, 3.8) is 0 Å². The molecule has 0 aromatic heterocycles. The molecular formula is C17H29N3O3. The van der Waals surface area contributed by atoms with Crippen LogP contribution in [0.15, 0.2) is 0 Å². The zero-order valence-corrected chi connectivity index (χ0v) is 14.8. The van der Waals surface area contributed by atoms with Gasteiger partial charge in [0.15, 0.2) is 0 Å². The summed E-state index contributed by atoms with van der Waals surface area (Å²) in [5.74, 6) is 0.773. The maximum atomic E-state index is 12.3. The van der Waals surface area contributed by atoms with Crippen molar-refractivity contribution < 1.29 is 14.3 Å². The molecule has 0 spiro atoms. The Hall–Kier alpha value is -1.30. The fourth-order valence-corrected chi connectivity index (χ4v) is 3.99. The minimum atomic E-state index is -0.201. The van der Waals surface area contributed by atoms with Crippen molar-refractivity contribution in [3.8, 4) is 0 Å². The number of amides is 3. The molecule has 1 saturated heterocycles. The van der Waals surface area contributed by atoms with Gasteiger partial charge in [-0.15, -0.1) is 0 Å². The van der Waals surface area contributed by atoms with E-state index in [0.717, 1.165) is 12.8 Å². The predicted molar refractivity (Wildman–Crippen MR) is 87.0 cm³/mol. The highest BCUT2D eigenvalue weighted by Crippen LogP contribution is 2.51. The molecule has 23 heavy (non-hydrogen) atoms. The summed E-state index contributed by atoms with van der Waals surface area (Å²) in [7, 11) is 1.72. The lowest BCUT2D eigenvalue weighted by Gasteiger charge is -2.59. The Morgan fingerprint density at radius 2 is 1.96 bits per heavy atom. The molecule has 0 aromatic carbocycles. The summed E-state index contributed by atoms with van der Waals surface area (Å²) in [5, 5.41) is 6.01. The van der Waals surface area contributed by atoms with Gasteiger partial charge in [-0.2, -0.15) is 0 Å². The summed E-state index contributed by atoms with van der Waals surface area (Å²) in [6, 6.07) is 0.228. The lowest BCUT2D eigenvalue weighted by molar-refractivity contribution is -0.177. The van der Waals surface area contributed by atoms with Crippen molar-refractivity contribution in [2.75, 3.05) is 13.7 Å². The number of nitrogens with zero attached hydrogens (tertiary/aromatic N) is 1. The Morgan fingerprint density at radius 1 is 1.30 bits per heavy atom. The number of likely N-dealkylation sites (tertiary alicyclic amines) is 1. The van der Waals surface area contributed by atoms with Crippen LogP contribution in [0, 0.1) is 11.3 Å². The third-order valence-electron chi connectivity index (χ3n) is 6.54. The van der Waals surface area contributed by atoms with Crippen molar-refractivity contribution in [3.05, 3.63) is 0 Å². The van der Waals surface area contributed by atoms with E-state index in [1.807, 2.05) is 4.90 Å². The van der Waals surface area contributed by atoms with Crippen LogP contribution in [-0.4, -0.2) is 54.2 Å². The highest BCUT2D eigenvalue weighted by Gasteiger charge is 2.58. The number of carbonyl (C=O) groups excluding carboxylic acids is 2. The van der Waals surface area contributed by atoms with Gasteiger partial charge in [-0.05, 0) is 25.7 Å². The van der Waals surface area contributed by atoms with E-state index in [0.29, 0.717) is 24.9 Å². The molecule has 2 N–H and O–H groups in total.